The molecule has 0 aliphatic heterocycles. The van der Waals surface area contributed by atoms with E-state index in [9.17, 15) is 4.79 Å². The molecule has 0 aromatic heterocycles. The monoisotopic (exact) mass is 204 g/mol. The van der Waals surface area contributed by atoms with Crippen LogP contribution in [0.1, 0.15) is 13.3 Å². The number of hydrogen-bond acceptors (Lipinski definition) is 4. The van der Waals surface area contributed by atoms with E-state index in [1.807, 2.05) is 0 Å². The first-order valence-corrected chi connectivity index (χ1v) is 6.80. The van der Waals surface area contributed by atoms with Gasteiger partial charge >= 0.3 is 14.5 Å². The van der Waals surface area contributed by atoms with Crippen molar-refractivity contribution < 1.29 is 19.1 Å². The molecule has 5 heteroatoms. The molecule has 0 fully saturated rings. The lowest BCUT2D eigenvalue weighted by molar-refractivity contribution is -0.137. The van der Waals surface area contributed by atoms with Crippen molar-refractivity contribution in [3.63, 3.8) is 0 Å². The lowest BCUT2D eigenvalue weighted by atomic mass is 10.5. The van der Waals surface area contributed by atoms with Gasteiger partial charge in [0.1, 0.15) is 0 Å². The first-order chi connectivity index (χ1) is 5.95. The van der Waals surface area contributed by atoms with Crippen LogP contribution < -0.4 is 0 Å². The van der Waals surface area contributed by atoms with Crippen LogP contribution in [0.2, 0.25) is 12.6 Å². The Balaban J connectivity index is 3.41. The van der Waals surface area contributed by atoms with Gasteiger partial charge in [0.2, 0.25) is 0 Å². The van der Waals surface area contributed by atoms with Gasteiger partial charge in [-0.25, -0.2) is 4.79 Å². The minimum Gasteiger partial charge on any atom is -0.463 e. The Labute approximate surface area is 79.1 Å². The summed E-state index contributed by atoms with van der Waals surface area (Å²) in [5, 5.41) is 0. The first-order valence-electron chi connectivity index (χ1n) is 4.20. The van der Waals surface area contributed by atoms with Crippen molar-refractivity contribution in [2.24, 2.45) is 0 Å². The fourth-order valence-electron chi connectivity index (χ4n) is 0.764. The van der Waals surface area contributed by atoms with Crippen LogP contribution in [0.5, 0.6) is 0 Å². The Hall–Kier alpha value is -0.653. The molecule has 13 heavy (non-hydrogen) atoms. The van der Waals surface area contributed by atoms with E-state index in [1.165, 1.54) is 12.6 Å². The van der Waals surface area contributed by atoms with E-state index in [4.69, 9.17) is 14.3 Å². The van der Waals surface area contributed by atoms with Gasteiger partial charge in [-0.3, -0.25) is 0 Å². The van der Waals surface area contributed by atoms with Gasteiger partial charge < -0.3 is 14.3 Å². The lowest BCUT2D eigenvalue weighted by Crippen LogP contribution is -2.29. The maximum absolute atomic E-state index is 10.7. The number of carbonyl (C=O) groups is 1. The van der Waals surface area contributed by atoms with Crippen molar-refractivity contribution >= 4 is 14.5 Å². The second-order valence-corrected chi connectivity index (χ2v) is 5.92. The molecule has 0 radical (unpaired) electrons. The Morgan fingerprint density at radius 2 is 2.15 bits per heavy atom. The van der Waals surface area contributed by atoms with Crippen molar-refractivity contribution in [2.45, 2.75) is 25.9 Å². The molecule has 0 saturated heterocycles. The second-order valence-electron chi connectivity index (χ2n) is 2.99. The molecular formula is C8H16O4Si. The molecule has 0 saturated carbocycles. The van der Waals surface area contributed by atoms with Crippen LogP contribution in [0.25, 0.3) is 0 Å². The van der Waals surface area contributed by atoms with Crippen molar-refractivity contribution in [3.8, 4) is 0 Å². The van der Waals surface area contributed by atoms with Crippen LogP contribution in [-0.2, 0) is 9.53 Å². The van der Waals surface area contributed by atoms with Gasteiger partial charge in [-0.1, -0.05) is 6.08 Å². The molecule has 0 atom stereocenters. The van der Waals surface area contributed by atoms with E-state index in [1.54, 1.807) is 13.0 Å². The summed E-state index contributed by atoms with van der Waals surface area (Å²) in [5.74, 6) is -0.387. The summed E-state index contributed by atoms with van der Waals surface area (Å²) in [6.07, 6.45) is 3.42. The van der Waals surface area contributed by atoms with Crippen LogP contribution in [-0.4, -0.2) is 30.7 Å². The largest absolute Gasteiger partial charge is 0.463 e. The molecule has 0 amide bonds. The molecule has 0 aliphatic rings. The van der Waals surface area contributed by atoms with Crippen molar-refractivity contribution in [1.82, 2.24) is 0 Å². The third-order valence-electron chi connectivity index (χ3n) is 1.34. The van der Waals surface area contributed by atoms with E-state index in [-0.39, 0.29) is 12.6 Å². The highest BCUT2D eigenvalue weighted by molar-refractivity contribution is 6.63. The van der Waals surface area contributed by atoms with Gasteiger partial charge in [-0.2, -0.15) is 0 Å². The van der Waals surface area contributed by atoms with Crippen LogP contribution >= 0.6 is 0 Å². The van der Waals surface area contributed by atoms with Crippen molar-refractivity contribution in [3.05, 3.63) is 12.2 Å². The Kier molecular flexibility index (Phi) is 5.61. The summed E-state index contributed by atoms with van der Waals surface area (Å²) < 4.78 is 4.75. The van der Waals surface area contributed by atoms with Crippen LogP contribution in [0.3, 0.4) is 0 Å². The Bertz CT molecular complexity index is 183. The normalized spacial score (nSPS) is 12.0. The molecule has 0 heterocycles. The van der Waals surface area contributed by atoms with Gasteiger partial charge in [-0.15, -0.1) is 0 Å². The van der Waals surface area contributed by atoms with E-state index in [0.717, 1.165) is 0 Å². The smallest absolute Gasteiger partial charge is 0.330 e. The zero-order chi connectivity index (χ0) is 10.3. The fraction of sp³-hybridized carbons (Fsp3) is 0.625. The molecular weight excluding hydrogens is 188 g/mol. The van der Waals surface area contributed by atoms with Gasteiger partial charge in [0.25, 0.3) is 0 Å². The predicted octanol–water partition coefficient (Wildman–Crippen LogP) is 0.552. The first kappa shape index (κ1) is 12.3. The molecule has 0 unspecified atom stereocenters. The van der Waals surface area contributed by atoms with Crippen molar-refractivity contribution in [2.75, 3.05) is 6.61 Å². The van der Waals surface area contributed by atoms with Gasteiger partial charge in [-0.05, 0) is 25.9 Å². The zero-order valence-corrected chi connectivity index (χ0v) is 8.99. The molecule has 0 spiro atoms. The highest BCUT2D eigenvalue weighted by Crippen LogP contribution is 2.04. The quantitative estimate of drug-likeness (QED) is 0.297. The molecule has 0 aromatic rings. The van der Waals surface area contributed by atoms with Crippen LogP contribution in [0, 0.1) is 0 Å². The summed E-state index contributed by atoms with van der Waals surface area (Å²) in [7, 11) is -2.96. The predicted molar refractivity (Wildman–Crippen MR) is 51.3 cm³/mol. The minimum atomic E-state index is -2.96. The third-order valence-corrected chi connectivity index (χ3v) is 2.64. The molecule has 0 bridgehead atoms. The number of esters is 1. The van der Waals surface area contributed by atoms with E-state index in [0.29, 0.717) is 12.5 Å². The summed E-state index contributed by atoms with van der Waals surface area (Å²) >= 11 is 0. The Morgan fingerprint density at radius 1 is 1.54 bits per heavy atom. The fourth-order valence-corrected chi connectivity index (χ4v) is 1.58. The van der Waals surface area contributed by atoms with E-state index < -0.39 is 8.56 Å². The number of hydrogen-bond donors (Lipinski definition) is 2. The van der Waals surface area contributed by atoms with Crippen molar-refractivity contribution in [1.29, 1.82) is 0 Å². The van der Waals surface area contributed by atoms with Crippen LogP contribution in [0.15, 0.2) is 12.2 Å². The molecule has 2 N–H and O–H groups in total. The third kappa shape index (κ3) is 9.26. The Morgan fingerprint density at radius 3 is 2.62 bits per heavy atom. The topological polar surface area (TPSA) is 66.8 Å². The summed E-state index contributed by atoms with van der Waals surface area (Å²) in [6.45, 7) is 3.40. The number of ether oxygens (including phenoxy) is 1. The molecule has 76 valence electrons. The standard InChI is InChI=1S/C8H16O4Si/c1-3-5-8(9)12-6-4-7-13(2,10)11/h3,5,10-11H,4,6-7H2,1-2H3. The number of allylic oxidation sites excluding steroid dienone is 1. The number of rotatable bonds is 5. The molecule has 0 rings (SSSR count). The number of carbonyl (C=O) groups excluding carboxylic acids is 1. The van der Waals surface area contributed by atoms with Gasteiger partial charge in [0.05, 0.1) is 6.61 Å². The second kappa shape index (κ2) is 5.90. The highest BCUT2D eigenvalue weighted by Gasteiger charge is 2.20. The SMILES string of the molecule is CC=CC(=O)OCCC[Si](C)(O)O. The highest BCUT2D eigenvalue weighted by atomic mass is 28.4. The minimum absolute atomic E-state index is 0.243. The van der Waals surface area contributed by atoms with E-state index >= 15 is 0 Å². The molecule has 4 nitrogen and oxygen atoms in total. The van der Waals surface area contributed by atoms with Gasteiger partial charge in [0.15, 0.2) is 0 Å². The maximum atomic E-state index is 10.7. The van der Waals surface area contributed by atoms with Gasteiger partial charge in [0, 0.05) is 6.08 Å². The summed E-state index contributed by atoms with van der Waals surface area (Å²) in [4.78, 5) is 28.8. The summed E-state index contributed by atoms with van der Waals surface area (Å²) in [5.41, 5.74) is 0. The molecule has 0 aliphatic carbocycles. The van der Waals surface area contributed by atoms with E-state index in [2.05, 4.69) is 0 Å². The lowest BCUT2D eigenvalue weighted by Gasteiger charge is -2.10. The summed E-state index contributed by atoms with van der Waals surface area (Å²) in [6, 6.07) is 0.329. The van der Waals surface area contributed by atoms with Crippen LogP contribution in [0.4, 0.5) is 0 Å². The molecule has 0 aromatic carbocycles. The maximum Gasteiger partial charge on any atom is 0.330 e. The zero-order valence-electron chi connectivity index (χ0n) is 7.99. The average molecular weight is 204 g/mol. The average Bonchev–Trinajstić information content (AvgIpc) is 1.97.